The molecule has 0 atom stereocenters. The molecular formula is C16H30IN5O2. The minimum atomic E-state index is -0.322. The molecule has 2 rings (SSSR count). The molecule has 0 aromatic heterocycles. The van der Waals surface area contributed by atoms with E-state index in [4.69, 9.17) is 0 Å². The zero-order valence-corrected chi connectivity index (χ0v) is 17.2. The molecule has 0 radical (unpaired) electrons. The molecule has 0 unspecified atom stereocenters. The van der Waals surface area contributed by atoms with Gasteiger partial charge in [-0.3, -0.25) is 14.7 Å². The number of nitrogens with zero attached hydrogens (tertiary/aromatic N) is 2. The van der Waals surface area contributed by atoms with E-state index in [1.165, 1.54) is 17.7 Å². The van der Waals surface area contributed by atoms with Crippen LogP contribution in [0.4, 0.5) is 4.79 Å². The van der Waals surface area contributed by atoms with Gasteiger partial charge in [-0.2, -0.15) is 0 Å². The lowest BCUT2D eigenvalue weighted by Crippen LogP contribution is -2.46. The van der Waals surface area contributed by atoms with Crippen LogP contribution in [-0.4, -0.2) is 55.0 Å². The van der Waals surface area contributed by atoms with Gasteiger partial charge >= 0.3 is 6.03 Å². The second-order valence-corrected chi connectivity index (χ2v) is 7.05. The summed E-state index contributed by atoms with van der Waals surface area (Å²) >= 11 is 0. The number of rotatable bonds is 5. The Bertz CT molecular complexity index is 455. The first-order valence-electron chi connectivity index (χ1n) is 8.54. The van der Waals surface area contributed by atoms with Gasteiger partial charge in [0.15, 0.2) is 5.96 Å². The lowest BCUT2D eigenvalue weighted by molar-refractivity contribution is -0.124. The predicted octanol–water partition coefficient (Wildman–Crippen LogP) is 1.68. The highest BCUT2D eigenvalue weighted by molar-refractivity contribution is 14.0. The lowest BCUT2D eigenvalue weighted by Gasteiger charge is -2.35. The van der Waals surface area contributed by atoms with Crippen molar-refractivity contribution in [2.75, 3.05) is 26.2 Å². The first-order chi connectivity index (χ1) is 10.9. The van der Waals surface area contributed by atoms with Crippen LogP contribution >= 0.6 is 24.0 Å². The molecule has 1 heterocycles. The van der Waals surface area contributed by atoms with Gasteiger partial charge in [0.25, 0.3) is 0 Å². The second-order valence-electron chi connectivity index (χ2n) is 7.05. The smallest absolute Gasteiger partial charge is 0.324 e. The van der Waals surface area contributed by atoms with E-state index in [9.17, 15) is 9.59 Å². The third-order valence-corrected chi connectivity index (χ3v) is 4.55. The lowest BCUT2D eigenvalue weighted by atomic mass is 9.75. The fourth-order valence-electron chi connectivity index (χ4n) is 3.00. The van der Waals surface area contributed by atoms with E-state index in [0.29, 0.717) is 24.5 Å². The number of carbonyl (C=O) groups excluding carboxylic acids is 2. The van der Waals surface area contributed by atoms with Crippen LogP contribution in [0.25, 0.3) is 0 Å². The van der Waals surface area contributed by atoms with Gasteiger partial charge < -0.3 is 16.0 Å². The largest absolute Gasteiger partial charge is 0.357 e. The van der Waals surface area contributed by atoms with E-state index in [1.807, 2.05) is 6.92 Å². The summed E-state index contributed by atoms with van der Waals surface area (Å²) in [7, 11) is 0. The maximum absolute atomic E-state index is 11.5. The number of hydrogen-bond donors (Lipinski definition) is 3. The van der Waals surface area contributed by atoms with Crippen molar-refractivity contribution >= 4 is 41.9 Å². The van der Waals surface area contributed by atoms with Gasteiger partial charge in [-0.05, 0) is 38.0 Å². The van der Waals surface area contributed by atoms with E-state index in [1.54, 1.807) is 0 Å². The monoisotopic (exact) mass is 451 g/mol. The Hall–Kier alpha value is -1.06. The van der Waals surface area contributed by atoms with Crippen molar-refractivity contribution in [2.24, 2.45) is 10.4 Å². The van der Waals surface area contributed by atoms with Crippen molar-refractivity contribution < 1.29 is 9.59 Å². The van der Waals surface area contributed by atoms with Crippen LogP contribution in [-0.2, 0) is 4.79 Å². The van der Waals surface area contributed by atoms with Crippen molar-refractivity contribution in [2.45, 2.75) is 52.5 Å². The molecule has 1 saturated carbocycles. The zero-order chi connectivity index (χ0) is 16.9. The quantitative estimate of drug-likeness (QED) is 0.257. The van der Waals surface area contributed by atoms with E-state index in [2.05, 4.69) is 34.8 Å². The maximum Gasteiger partial charge on any atom is 0.324 e. The molecule has 0 bridgehead atoms. The van der Waals surface area contributed by atoms with Crippen LogP contribution in [0.15, 0.2) is 4.99 Å². The van der Waals surface area contributed by atoms with Crippen molar-refractivity contribution in [1.82, 2.24) is 20.9 Å². The van der Waals surface area contributed by atoms with E-state index in [0.717, 1.165) is 25.3 Å². The first-order valence-corrected chi connectivity index (χ1v) is 8.54. The van der Waals surface area contributed by atoms with E-state index in [-0.39, 0.29) is 42.5 Å². The minimum Gasteiger partial charge on any atom is -0.357 e. The molecule has 3 N–H and O–H groups in total. The van der Waals surface area contributed by atoms with Gasteiger partial charge in [-0.25, -0.2) is 4.79 Å². The fraction of sp³-hybridized carbons (Fsp3) is 0.812. The summed E-state index contributed by atoms with van der Waals surface area (Å²) in [5, 5.41) is 9.22. The summed E-state index contributed by atoms with van der Waals surface area (Å²) in [6, 6.07) is 0.121. The molecule has 1 aliphatic carbocycles. The Morgan fingerprint density at radius 2 is 2.00 bits per heavy atom. The fourth-order valence-corrected chi connectivity index (χ4v) is 3.00. The normalized spacial score (nSPS) is 21.3. The molecule has 3 amide bonds. The summed E-state index contributed by atoms with van der Waals surface area (Å²) in [5.41, 5.74) is 0.442. The Labute approximate surface area is 161 Å². The van der Waals surface area contributed by atoms with Crippen LogP contribution in [0, 0.1) is 5.41 Å². The van der Waals surface area contributed by atoms with Crippen molar-refractivity contribution in [3.8, 4) is 0 Å². The van der Waals surface area contributed by atoms with Crippen LogP contribution < -0.4 is 16.0 Å². The van der Waals surface area contributed by atoms with Crippen LogP contribution in [0.2, 0.25) is 0 Å². The molecule has 0 aromatic carbocycles. The van der Waals surface area contributed by atoms with Gasteiger partial charge in [0, 0.05) is 12.6 Å². The Morgan fingerprint density at radius 1 is 1.33 bits per heavy atom. The highest BCUT2D eigenvalue weighted by atomic mass is 127. The predicted molar refractivity (Wildman–Crippen MR) is 106 cm³/mol. The molecule has 0 spiro atoms. The Kier molecular flexibility index (Phi) is 8.24. The van der Waals surface area contributed by atoms with Gasteiger partial charge in [0.2, 0.25) is 5.91 Å². The third kappa shape index (κ3) is 6.10. The number of guanidine groups is 1. The van der Waals surface area contributed by atoms with Crippen LogP contribution in [0.5, 0.6) is 0 Å². The summed E-state index contributed by atoms with van der Waals surface area (Å²) in [6.45, 7) is 8.28. The highest BCUT2D eigenvalue weighted by Crippen LogP contribution is 2.34. The van der Waals surface area contributed by atoms with Gasteiger partial charge in [-0.1, -0.05) is 13.8 Å². The molecule has 8 heteroatoms. The minimum absolute atomic E-state index is 0. The Balaban J connectivity index is 0.00000288. The molecule has 1 saturated heterocycles. The van der Waals surface area contributed by atoms with Gasteiger partial charge in [-0.15, -0.1) is 24.0 Å². The molecule has 0 aromatic rings. The average molecular weight is 451 g/mol. The van der Waals surface area contributed by atoms with Crippen LogP contribution in [0.3, 0.4) is 0 Å². The molecule has 2 fully saturated rings. The van der Waals surface area contributed by atoms with Crippen LogP contribution in [0.1, 0.15) is 46.5 Å². The number of halogens is 1. The number of urea groups is 1. The number of amides is 3. The molecular weight excluding hydrogens is 421 g/mol. The topological polar surface area (TPSA) is 85.8 Å². The maximum atomic E-state index is 11.5. The first kappa shape index (κ1) is 21.0. The molecule has 24 heavy (non-hydrogen) atoms. The standard InChI is InChI=1S/C16H29N5O2.HI/c1-4-17-14(20-12-5-7-16(2,3)8-6-12)18-9-10-21-13(22)11-19-15(21)23;/h12H,4-11H2,1-3H3,(H,19,23)(H2,17,18,20);1H. The SMILES string of the molecule is CCNC(=NCCN1C(=O)CNC1=O)NC1CCC(C)(C)CC1.I. The summed E-state index contributed by atoms with van der Waals surface area (Å²) < 4.78 is 0. The summed E-state index contributed by atoms with van der Waals surface area (Å²) in [5.74, 6) is 0.585. The number of nitrogens with one attached hydrogen (secondary N) is 3. The Morgan fingerprint density at radius 3 is 2.54 bits per heavy atom. The van der Waals surface area contributed by atoms with Crippen molar-refractivity contribution in [3.05, 3.63) is 0 Å². The second kappa shape index (κ2) is 9.43. The molecule has 2 aliphatic rings. The van der Waals surface area contributed by atoms with E-state index >= 15 is 0 Å². The van der Waals surface area contributed by atoms with Crippen molar-refractivity contribution in [3.63, 3.8) is 0 Å². The third-order valence-electron chi connectivity index (χ3n) is 4.55. The van der Waals surface area contributed by atoms with Gasteiger partial charge in [0.1, 0.15) is 0 Å². The summed E-state index contributed by atoms with van der Waals surface area (Å²) in [4.78, 5) is 28.7. The number of imide groups is 1. The van der Waals surface area contributed by atoms with E-state index < -0.39 is 0 Å². The number of aliphatic imine (C=N–C) groups is 1. The molecule has 1 aliphatic heterocycles. The number of carbonyl (C=O) groups is 2. The number of hydrogen-bond acceptors (Lipinski definition) is 3. The highest BCUT2D eigenvalue weighted by Gasteiger charge is 2.28. The van der Waals surface area contributed by atoms with Crippen molar-refractivity contribution in [1.29, 1.82) is 0 Å². The summed E-state index contributed by atoms with van der Waals surface area (Å²) in [6.07, 6.45) is 4.72. The van der Waals surface area contributed by atoms with Gasteiger partial charge in [0.05, 0.1) is 19.6 Å². The average Bonchev–Trinajstić information content (AvgIpc) is 2.81. The molecule has 7 nitrogen and oxygen atoms in total. The molecule has 138 valence electrons. The zero-order valence-electron chi connectivity index (χ0n) is 14.9.